The lowest BCUT2D eigenvalue weighted by Gasteiger charge is -2.12. The quantitative estimate of drug-likeness (QED) is 0.884. The molecule has 1 aromatic heterocycles. The Morgan fingerprint density at radius 3 is 2.42 bits per heavy atom. The summed E-state index contributed by atoms with van der Waals surface area (Å²) in [6.45, 7) is 5.28. The van der Waals surface area contributed by atoms with Crippen molar-refractivity contribution in [3.05, 3.63) is 58.5 Å². The summed E-state index contributed by atoms with van der Waals surface area (Å²) in [6.07, 6.45) is 2.40. The molecule has 1 heterocycles. The first-order chi connectivity index (χ1) is 11.4. The Kier molecular flexibility index (Phi) is 5.52. The lowest BCUT2D eigenvalue weighted by Crippen LogP contribution is -2.36. The number of nitrogens with zero attached hydrogens (tertiary/aromatic N) is 1. The second kappa shape index (κ2) is 7.59. The number of pyridine rings is 1. The molecule has 0 aliphatic rings. The van der Waals surface area contributed by atoms with Crippen LogP contribution in [0, 0.1) is 0 Å². The Labute approximate surface area is 140 Å². The first-order valence-electron chi connectivity index (χ1n) is 7.83. The molecule has 126 valence electrons. The summed E-state index contributed by atoms with van der Waals surface area (Å²) in [6, 6.07) is 10.0. The predicted molar refractivity (Wildman–Crippen MR) is 93.6 cm³/mol. The number of carbonyl (C=O) groups excluding carboxylic acids is 2. The standard InChI is InChI=1S/C18H21N3O3/c1-4-12(2)19-17(23)16-6-5-11-21(18(16)24)15-9-7-14(8-10-15)20-13(3)22/h5-12H,4H2,1-3H3,(H,19,23)(H,20,22). The van der Waals surface area contributed by atoms with Gasteiger partial charge in [0.2, 0.25) is 5.91 Å². The highest BCUT2D eigenvalue weighted by Crippen LogP contribution is 2.12. The van der Waals surface area contributed by atoms with Gasteiger partial charge in [0, 0.05) is 30.5 Å². The zero-order chi connectivity index (χ0) is 17.7. The van der Waals surface area contributed by atoms with Gasteiger partial charge < -0.3 is 10.6 Å². The molecular weight excluding hydrogens is 306 g/mol. The molecule has 0 saturated carbocycles. The highest BCUT2D eigenvalue weighted by molar-refractivity contribution is 5.94. The molecule has 1 unspecified atom stereocenters. The molecule has 2 rings (SSSR count). The summed E-state index contributed by atoms with van der Waals surface area (Å²) in [5.74, 6) is -0.540. The number of benzene rings is 1. The fraction of sp³-hybridized carbons (Fsp3) is 0.278. The van der Waals surface area contributed by atoms with Gasteiger partial charge in [0.1, 0.15) is 5.56 Å². The number of amides is 2. The molecular formula is C18H21N3O3. The molecule has 1 aromatic carbocycles. The van der Waals surface area contributed by atoms with E-state index in [-0.39, 0.29) is 29.0 Å². The van der Waals surface area contributed by atoms with E-state index in [9.17, 15) is 14.4 Å². The summed E-state index contributed by atoms with van der Waals surface area (Å²) in [5.41, 5.74) is 0.978. The van der Waals surface area contributed by atoms with E-state index in [1.165, 1.54) is 17.6 Å². The molecule has 1 atom stereocenters. The molecule has 6 nitrogen and oxygen atoms in total. The van der Waals surface area contributed by atoms with Gasteiger partial charge in [0.15, 0.2) is 0 Å². The molecule has 0 fully saturated rings. The molecule has 2 amide bonds. The van der Waals surface area contributed by atoms with E-state index in [2.05, 4.69) is 10.6 Å². The third-order valence-corrected chi connectivity index (χ3v) is 3.65. The third-order valence-electron chi connectivity index (χ3n) is 3.65. The van der Waals surface area contributed by atoms with E-state index in [0.717, 1.165) is 6.42 Å². The number of anilines is 1. The molecule has 24 heavy (non-hydrogen) atoms. The molecule has 0 bridgehead atoms. The summed E-state index contributed by atoms with van der Waals surface area (Å²) >= 11 is 0. The second-order valence-corrected chi connectivity index (χ2v) is 5.61. The first kappa shape index (κ1) is 17.5. The zero-order valence-corrected chi connectivity index (χ0v) is 14.0. The van der Waals surface area contributed by atoms with Crippen LogP contribution in [0.25, 0.3) is 5.69 Å². The Balaban J connectivity index is 2.32. The summed E-state index contributed by atoms with van der Waals surface area (Å²) in [4.78, 5) is 35.8. The summed E-state index contributed by atoms with van der Waals surface area (Å²) < 4.78 is 1.41. The van der Waals surface area contributed by atoms with Gasteiger partial charge in [-0.3, -0.25) is 19.0 Å². The van der Waals surface area contributed by atoms with Crippen molar-refractivity contribution in [1.29, 1.82) is 0 Å². The fourth-order valence-electron chi connectivity index (χ4n) is 2.18. The van der Waals surface area contributed by atoms with E-state index in [0.29, 0.717) is 11.4 Å². The van der Waals surface area contributed by atoms with Crippen LogP contribution >= 0.6 is 0 Å². The van der Waals surface area contributed by atoms with Crippen molar-refractivity contribution in [2.45, 2.75) is 33.2 Å². The molecule has 0 radical (unpaired) electrons. The van der Waals surface area contributed by atoms with Crippen LogP contribution in [0.5, 0.6) is 0 Å². The minimum absolute atomic E-state index is 0.00231. The largest absolute Gasteiger partial charge is 0.349 e. The van der Waals surface area contributed by atoms with Crippen LogP contribution < -0.4 is 16.2 Å². The lowest BCUT2D eigenvalue weighted by atomic mass is 10.2. The number of nitrogens with one attached hydrogen (secondary N) is 2. The van der Waals surface area contributed by atoms with E-state index in [4.69, 9.17) is 0 Å². The van der Waals surface area contributed by atoms with E-state index in [1.54, 1.807) is 36.5 Å². The van der Waals surface area contributed by atoms with Crippen molar-refractivity contribution in [1.82, 2.24) is 9.88 Å². The first-order valence-corrected chi connectivity index (χ1v) is 7.83. The maximum atomic E-state index is 12.6. The van der Waals surface area contributed by atoms with Crippen LogP contribution in [0.15, 0.2) is 47.4 Å². The molecule has 2 aromatic rings. The van der Waals surface area contributed by atoms with Crippen LogP contribution in [-0.4, -0.2) is 22.4 Å². The topological polar surface area (TPSA) is 80.2 Å². The number of rotatable bonds is 5. The fourth-order valence-corrected chi connectivity index (χ4v) is 2.18. The highest BCUT2D eigenvalue weighted by Gasteiger charge is 2.14. The Morgan fingerprint density at radius 2 is 1.83 bits per heavy atom. The van der Waals surface area contributed by atoms with E-state index < -0.39 is 0 Å². The minimum atomic E-state index is -0.384. The number of hydrogen-bond acceptors (Lipinski definition) is 3. The minimum Gasteiger partial charge on any atom is -0.349 e. The molecule has 0 saturated heterocycles. The normalized spacial score (nSPS) is 11.6. The average Bonchev–Trinajstić information content (AvgIpc) is 2.55. The van der Waals surface area contributed by atoms with E-state index in [1.807, 2.05) is 13.8 Å². The van der Waals surface area contributed by atoms with Crippen LogP contribution in [-0.2, 0) is 4.79 Å². The average molecular weight is 327 g/mol. The lowest BCUT2D eigenvalue weighted by molar-refractivity contribution is -0.114. The van der Waals surface area contributed by atoms with Gasteiger partial charge in [-0.1, -0.05) is 6.92 Å². The van der Waals surface area contributed by atoms with Crippen molar-refractivity contribution < 1.29 is 9.59 Å². The van der Waals surface area contributed by atoms with Crippen LogP contribution in [0.1, 0.15) is 37.6 Å². The summed E-state index contributed by atoms with van der Waals surface area (Å²) in [5, 5.41) is 5.46. The highest BCUT2D eigenvalue weighted by atomic mass is 16.2. The molecule has 0 spiro atoms. The van der Waals surface area contributed by atoms with Crippen molar-refractivity contribution in [3.8, 4) is 5.69 Å². The van der Waals surface area contributed by atoms with Gasteiger partial charge >= 0.3 is 0 Å². The Hall–Kier alpha value is -2.89. The van der Waals surface area contributed by atoms with Gasteiger partial charge in [-0.05, 0) is 49.7 Å². The molecule has 6 heteroatoms. The predicted octanol–water partition coefficient (Wildman–Crippen LogP) is 2.32. The smallest absolute Gasteiger partial charge is 0.267 e. The van der Waals surface area contributed by atoms with Crippen molar-refractivity contribution >= 4 is 17.5 Å². The number of aromatic nitrogens is 1. The van der Waals surface area contributed by atoms with Crippen LogP contribution in [0.4, 0.5) is 5.69 Å². The molecule has 2 N–H and O–H groups in total. The molecule has 0 aliphatic heterocycles. The van der Waals surface area contributed by atoms with E-state index >= 15 is 0 Å². The van der Waals surface area contributed by atoms with Gasteiger partial charge in [0.25, 0.3) is 11.5 Å². The van der Waals surface area contributed by atoms with Gasteiger partial charge in [-0.25, -0.2) is 0 Å². The van der Waals surface area contributed by atoms with Crippen molar-refractivity contribution in [2.75, 3.05) is 5.32 Å². The van der Waals surface area contributed by atoms with Crippen molar-refractivity contribution in [2.24, 2.45) is 0 Å². The monoisotopic (exact) mass is 327 g/mol. The van der Waals surface area contributed by atoms with Gasteiger partial charge in [0.05, 0.1) is 0 Å². The maximum absolute atomic E-state index is 12.6. The van der Waals surface area contributed by atoms with Gasteiger partial charge in [-0.15, -0.1) is 0 Å². The maximum Gasteiger partial charge on any atom is 0.267 e. The van der Waals surface area contributed by atoms with Crippen molar-refractivity contribution in [3.63, 3.8) is 0 Å². The van der Waals surface area contributed by atoms with Gasteiger partial charge in [-0.2, -0.15) is 0 Å². The Morgan fingerprint density at radius 1 is 1.17 bits per heavy atom. The second-order valence-electron chi connectivity index (χ2n) is 5.61. The van der Waals surface area contributed by atoms with Crippen LogP contribution in [0.2, 0.25) is 0 Å². The Bertz CT molecular complexity index is 794. The number of carbonyl (C=O) groups is 2. The SMILES string of the molecule is CCC(C)NC(=O)c1cccn(-c2ccc(NC(C)=O)cc2)c1=O. The van der Waals surface area contributed by atoms with Crippen LogP contribution in [0.3, 0.4) is 0 Å². The number of hydrogen-bond donors (Lipinski definition) is 2. The summed E-state index contributed by atoms with van der Waals surface area (Å²) in [7, 11) is 0. The zero-order valence-electron chi connectivity index (χ0n) is 14.0. The third kappa shape index (κ3) is 4.10. The molecule has 0 aliphatic carbocycles.